The lowest BCUT2D eigenvalue weighted by molar-refractivity contribution is 0.0663. The maximum Gasteiger partial charge on any atom is 0.371 e. The van der Waals surface area contributed by atoms with Gasteiger partial charge in [0.1, 0.15) is 5.76 Å². The highest BCUT2D eigenvalue weighted by molar-refractivity contribution is 6.05. The fraction of sp³-hybridized carbons (Fsp3) is 0.0526. The summed E-state index contributed by atoms with van der Waals surface area (Å²) in [4.78, 5) is 23.3. The number of hydrogen-bond donors (Lipinski definition) is 2. The number of carboxylic acid groups (broad SMARTS) is 1. The van der Waals surface area contributed by atoms with Crippen molar-refractivity contribution in [2.75, 3.05) is 5.32 Å². The van der Waals surface area contributed by atoms with Crippen LogP contribution in [0.25, 0.3) is 11.3 Å². The molecule has 0 saturated carbocycles. The summed E-state index contributed by atoms with van der Waals surface area (Å²) in [7, 11) is 0. The maximum atomic E-state index is 12.4. The number of hydrogen-bond acceptors (Lipinski definition) is 3. The summed E-state index contributed by atoms with van der Waals surface area (Å²) in [5, 5.41) is 11.8. The van der Waals surface area contributed by atoms with E-state index in [-0.39, 0.29) is 11.7 Å². The lowest BCUT2D eigenvalue weighted by Gasteiger charge is -2.08. The molecule has 24 heavy (non-hydrogen) atoms. The number of rotatable bonds is 4. The summed E-state index contributed by atoms with van der Waals surface area (Å²) in [5.41, 5.74) is 2.79. The van der Waals surface area contributed by atoms with Crippen molar-refractivity contribution in [3.63, 3.8) is 0 Å². The second-order valence-corrected chi connectivity index (χ2v) is 5.32. The smallest absolute Gasteiger partial charge is 0.371 e. The number of amides is 1. The normalized spacial score (nSPS) is 10.4. The molecule has 1 heterocycles. The predicted molar refractivity (Wildman–Crippen MR) is 90.2 cm³/mol. The molecule has 0 unspecified atom stereocenters. The van der Waals surface area contributed by atoms with E-state index < -0.39 is 5.97 Å². The van der Waals surface area contributed by atoms with E-state index in [9.17, 15) is 9.59 Å². The van der Waals surface area contributed by atoms with Crippen LogP contribution in [0.3, 0.4) is 0 Å². The summed E-state index contributed by atoms with van der Waals surface area (Å²) in [6.07, 6.45) is 0. The van der Waals surface area contributed by atoms with E-state index in [1.54, 1.807) is 36.4 Å². The maximum absolute atomic E-state index is 12.4. The quantitative estimate of drug-likeness (QED) is 0.754. The molecule has 0 radical (unpaired) electrons. The molecule has 1 aromatic heterocycles. The fourth-order valence-electron chi connectivity index (χ4n) is 2.38. The molecule has 0 fully saturated rings. The van der Waals surface area contributed by atoms with Crippen molar-refractivity contribution in [1.82, 2.24) is 0 Å². The van der Waals surface area contributed by atoms with E-state index in [1.165, 1.54) is 6.07 Å². The molecule has 5 nitrogen and oxygen atoms in total. The monoisotopic (exact) mass is 321 g/mol. The Balaban J connectivity index is 1.84. The Bertz CT molecular complexity index is 911. The van der Waals surface area contributed by atoms with Gasteiger partial charge in [-0.05, 0) is 42.8 Å². The highest BCUT2D eigenvalue weighted by Crippen LogP contribution is 2.25. The van der Waals surface area contributed by atoms with Gasteiger partial charge in [-0.25, -0.2) is 4.79 Å². The second kappa shape index (κ2) is 6.42. The molecule has 120 valence electrons. The molecular formula is C19H15NO4. The highest BCUT2D eigenvalue weighted by atomic mass is 16.4. The molecular weight excluding hydrogens is 306 g/mol. The summed E-state index contributed by atoms with van der Waals surface area (Å²) < 4.78 is 5.28. The Morgan fingerprint density at radius 1 is 1.00 bits per heavy atom. The molecule has 2 N–H and O–H groups in total. The highest BCUT2D eigenvalue weighted by Gasteiger charge is 2.12. The number of carboxylic acids is 1. The van der Waals surface area contributed by atoms with Crippen LogP contribution in [0.15, 0.2) is 65.1 Å². The third kappa shape index (κ3) is 3.20. The van der Waals surface area contributed by atoms with Crippen LogP contribution in [-0.4, -0.2) is 17.0 Å². The van der Waals surface area contributed by atoms with Crippen molar-refractivity contribution < 1.29 is 19.1 Å². The summed E-state index contributed by atoms with van der Waals surface area (Å²) in [6, 6.07) is 17.4. The zero-order valence-electron chi connectivity index (χ0n) is 12.9. The zero-order valence-corrected chi connectivity index (χ0v) is 12.9. The average Bonchev–Trinajstić information content (AvgIpc) is 3.06. The Kier molecular flexibility index (Phi) is 4.16. The number of furan rings is 1. The molecule has 0 bridgehead atoms. The minimum atomic E-state index is -1.12. The standard InChI is InChI=1S/C19H15NO4/c1-12-5-2-3-8-15(12)18(21)20-14-7-4-6-13(11-14)16-9-10-17(24-16)19(22)23/h2-11H,1H3,(H,20,21)(H,22,23). The van der Waals surface area contributed by atoms with Gasteiger partial charge in [-0.1, -0.05) is 30.3 Å². The first-order valence-electron chi connectivity index (χ1n) is 7.35. The van der Waals surface area contributed by atoms with E-state index in [4.69, 9.17) is 9.52 Å². The van der Waals surface area contributed by atoms with Crippen LogP contribution in [-0.2, 0) is 0 Å². The molecule has 0 aliphatic carbocycles. The van der Waals surface area contributed by atoms with E-state index in [0.717, 1.165) is 5.56 Å². The Labute approximate surface area is 138 Å². The number of carbonyl (C=O) groups is 2. The number of aromatic carboxylic acids is 1. The minimum Gasteiger partial charge on any atom is -0.475 e. The molecule has 1 amide bonds. The van der Waals surface area contributed by atoms with Gasteiger partial charge in [-0.15, -0.1) is 0 Å². The van der Waals surface area contributed by atoms with Crippen LogP contribution < -0.4 is 5.32 Å². The fourth-order valence-corrected chi connectivity index (χ4v) is 2.38. The first-order valence-corrected chi connectivity index (χ1v) is 7.35. The second-order valence-electron chi connectivity index (χ2n) is 5.32. The molecule has 0 saturated heterocycles. The first kappa shape index (κ1) is 15.6. The van der Waals surface area contributed by atoms with E-state index in [0.29, 0.717) is 22.6 Å². The SMILES string of the molecule is Cc1ccccc1C(=O)Nc1cccc(-c2ccc(C(=O)O)o2)c1. The number of benzene rings is 2. The van der Waals surface area contributed by atoms with E-state index >= 15 is 0 Å². The Hall–Kier alpha value is -3.34. The molecule has 0 atom stereocenters. The lowest BCUT2D eigenvalue weighted by Crippen LogP contribution is -2.13. The largest absolute Gasteiger partial charge is 0.475 e. The van der Waals surface area contributed by atoms with Crippen molar-refractivity contribution in [3.05, 3.63) is 77.6 Å². The van der Waals surface area contributed by atoms with Crippen LogP contribution in [0.2, 0.25) is 0 Å². The average molecular weight is 321 g/mol. The van der Waals surface area contributed by atoms with Gasteiger partial charge in [0.2, 0.25) is 5.76 Å². The van der Waals surface area contributed by atoms with Crippen molar-refractivity contribution in [1.29, 1.82) is 0 Å². The van der Waals surface area contributed by atoms with Crippen LogP contribution in [0.4, 0.5) is 5.69 Å². The predicted octanol–water partition coefficient (Wildman–Crippen LogP) is 4.21. The number of aryl methyl sites for hydroxylation is 1. The van der Waals surface area contributed by atoms with Gasteiger partial charge in [-0.3, -0.25) is 4.79 Å². The molecule has 3 rings (SSSR count). The lowest BCUT2D eigenvalue weighted by atomic mass is 10.1. The van der Waals surface area contributed by atoms with Crippen LogP contribution >= 0.6 is 0 Å². The molecule has 0 aliphatic rings. The number of carbonyl (C=O) groups excluding carboxylic acids is 1. The van der Waals surface area contributed by atoms with Crippen LogP contribution in [0, 0.1) is 6.92 Å². The van der Waals surface area contributed by atoms with Crippen LogP contribution in [0.1, 0.15) is 26.5 Å². The van der Waals surface area contributed by atoms with Gasteiger partial charge in [0, 0.05) is 16.8 Å². The molecule has 5 heteroatoms. The van der Waals surface area contributed by atoms with Crippen molar-refractivity contribution in [3.8, 4) is 11.3 Å². The van der Waals surface area contributed by atoms with Crippen molar-refractivity contribution >= 4 is 17.6 Å². The third-order valence-corrected chi connectivity index (χ3v) is 3.61. The van der Waals surface area contributed by atoms with Crippen molar-refractivity contribution in [2.45, 2.75) is 6.92 Å². The van der Waals surface area contributed by atoms with Crippen molar-refractivity contribution in [2.24, 2.45) is 0 Å². The molecule has 0 aliphatic heterocycles. The molecule has 2 aromatic carbocycles. The van der Waals surface area contributed by atoms with Gasteiger partial charge in [0.15, 0.2) is 0 Å². The third-order valence-electron chi connectivity index (χ3n) is 3.61. The van der Waals surface area contributed by atoms with Gasteiger partial charge in [0.05, 0.1) is 0 Å². The van der Waals surface area contributed by atoms with Crippen LogP contribution in [0.5, 0.6) is 0 Å². The number of anilines is 1. The molecule has 0 spiro atoms. The minimum absolute atomic E-state index is 0.126. The molecule has 3 aromatic rings. The number of nitrogens with one attached hydrogen (secondary N) is 1. The summed E-state index contributed by atoms with van der Waals surface area (Å²) >= 11 is 0. The van der Waals surface area contributed by atoms with E-state index in [2.05, 4.69) is 5.32 Å². The summed E-state index contributed by atoms with van der Waals surface area (Å²) in [5.74, 6) is -1.01. The van der Waals surface area contributed by atoms with Gasteiger partial charge in [0.25, 0.3) is 5.91 Å². The zero-order chi connectivity index (χ0) is 17.1. The first-order chi connectivity index (χ1) is 11.5. The summed E-state index contributed by atoms with van der Waals surface area (Å²) in [6.45, 7) is 1.88. The van der Waals surface area contributed by atoms with Gasteiger partial charge >= 0.3 is 5.97 Å². The Morgan fingerprint density at radius 2 is 1.79 bits per heavy atom. The van der Waals surface area contributed by atoms with E-state index in [1.807, 2.05) is 25.1 Å². The Morgan fingerprint density at radius 3 is 2.50 bits per heavy atom. The topological polar surface area (TPSA) is 79.5 Å². The van der Waals surface area contributed by atoms with Gasteiger partial charge in [-0.2, -0.15) is 0 Å². The van der Waals surface area contributed by atoms with Gasteiger partial charge < -0.3 is 14.8 Å².